The van der Waals surface area contributed by atoms with Gasteiger partial charge in [-0.1, -0.05) is 0 Å². The summed E-state index contributed by atoms with van der Waals surface area (Å²) in [5.74, 6) is -0.117. The second-order valence-electron chi connectivity index (χ2n) is 6.24. The van der Waals surface area contributed by atoms with E-state index in [2.05, 4.69) is 0 Å². The fourth-order valence-corrected chi connectivity index (χ4v) is 3.91. The number of methoxy groups -OCH3 is 1. The molecule has 25 heavy (non-hydrogen) atoms. The van der Waals surface area contributed by atoms with Crippen LogP contribution in [0.4, 0.5) is 9.57 Å². The van der Waals surface area contributed by atoms with Crippen LogP contribution >= 0.6 is 0 Å². The molecule has 0 amide bonds. The van der Waals surface area contributed by atoms with Crippen molar-refractivity contribution in [2.24, 2.45) is 0 Å². The summed E-state index contributed by atoms with van der Waals surface area (Å²) in [6.45, 7) is 4.62. The van der Waals surface area contributed by atoms with Crippen LogP contribution < -0.4 is 9.55 Å². The average Bonchev–Trinajstić information content (AvgIpc) is 2.53. The van der Waals surface area contributed by atoms with Crippen molar-refractivity contribution in [2.45, 2.75) is 37.4 Å². The number of hydrogen-bond acceptors (Lipinski definition) is 7. The van der Waals surface area contributed by atoms with Gasteiger partial charge in [0, 0.05) is 24.3 Å². The van der Waals surface area contributed by atoms with Gasteiger partial charge in [0.1, 0.15) is 10.6 Å². The highest BCUT2D eigenvalue weighted by atomic mass is 32.3. The maximum Gasteiger partial charge on any atom is 0.409 e. The van der Waals surface area contributed by atoms with Crippen molar-refractivity contribution in [2.75, 3.05) is 25.0 Å². The minimum absolute atomic E-state index is 0.0825. The fourth-order valence-electron chi connectivity index (χ4n) is 3.30. The van der Waals surface area contributed by atoms with Gasteiger partial charge in [-0.25, -0.2) is 0 Å². The summed E-state index contributed by atoms with van der Waals surface area (Å²) in [5.41, 5.74) is 0.525. The first-order valence-electron chi connectivity index (χ1n) is 8.16. The molecule has 1 aliphatic rings. The second kappa shape index (κ2) is 7.94. The van der Waals surface area contributed by atoms with Crippen LogP contribution in [0.5, 0.6) is 5.75 Å². The highest BCUT2D eigenvalue weighted by Gasteiger charge is 2.33. The molecular formula is C14H23B2FN2O5S. The van der Waals surface area contributed by atoms with E-state index in [0.29, 0.717) is 12.2 Å². The Labute approximate surface area is 148 Å². The Kier molecular flexibility index (Phi) is 6.36. The largest absolute Gasteiger partial charge is 0.495 e. The summed E-state index contributed by atoms with van der Waals surface area (Å²) in [5, 5.41) is 20.1. The maximum absolute atomic E-state index is 13.3. The van der Waals surface area contributed by atoms with Gasteiger partial charge in [-0.05, 0) is 45.2 Å². The van der Waals surface area contributed by atoms with E-state index < -0.39 is 29.2 Å². The number of nitrogens with zero attached hydrogens (tertiary/aromatic N) is 2. The highest BCUT2D eigenvalue weighted by molar-refractivity contribution is 7.86. The molecule has 1 saturated heterocycles. The van der Waals surface area contributed by atoms with Gasteiger partial charge in [0.25, 0.3) is 0 Å². The number of anilines is 1. The second-order valence-corrected chi connectivity index (χ2v) is 7.55. The third-order valence-corrected chi connectivity index (χ3v) is 5.32. The number of hydrogen-bond donors (Lipinski definition) is 2. The summed E-state index contributed by atoms with van der Waals surface area (Å²) < 4.78 is 40.8. The predicted octanol–water partition coefficient (Wildman–Crippen LogP) is 0.845. The Morgan fingerprint density at radius 2 is 2.04 bits per heavy atom. The number of benzene rings is 1. The van der Waals surface area contributed by atoms with E-state index in [1.807, 2.05) is 4.81 Å². The van der Waals surface area contributed by atoms with Gasteiger partial charge >= 0.3 is 24.3 Å². The molecule has 138 valence electrons. The molecule has 2 N–H and O–H groups in total. The van der Waals surface area contributed by atoms with Crippen molar-refractivity contribution < 1.29 is 27.1 Å². The molecule has 0 bridgehead atoms. The molecular weight excluding hydrogens is 349 g/mol. The first kappa shape index (κ1) is 20.0. The Morgan fingerprint density at radius 1 is 1.36 bits per heavy atom. The van der Waals surface area contributed by atoms with E-state index in [-0.39, 0.29) is 11.8 Å². The molecule has 2 rings (SSSR count). The van der Waals surface area contributed by atoms with Crippen molar-refractivity contribution >= 4 is 30.0 Å². The van der Waals surface area contributed by atoms with Gasteiger partial charge in [0.05, 0.1) is 7.11 Å². The highest BCUT2D eigenvalue weighted by Crippen LogP contribution is 2.32. The van der Waals surface area contributed by atoms with E-state index in [9.17, 15) is 22.4 Å². The molecule has 1 atom stereocenters. The van der Waals surface area contributed by atoms with E-state index in [0.717, 1.165) is 25.5 Å². The summed E-state index contributed by atoms with van der Waals surface area (Å²) in [6, 6.07) is 3.90. The molecule has 1 aliphatic heterocycles. The molecule has 0 unspecified atom stereocenters. The molecule has 0 aromatic heterocycles. The maximum atomic E-state index is 13.3. The van der Waals surface area contributed by atoms with Gasteiger partial charge < -0.3 is 24.4 Å². The van der Waals surface area contributed by atoms with Gasteiger partial charge in [-0.15, -0.1) is 3.89 Å². The summed E-state index contributed by atoms with van der Waals surface area (Å²) in [7, 11) is -5.08. The van der Waals surface area contributed by atoms with E-state index in [4.69, 9.17) is 4.74 Å². The van der Waals surface area contributed by atoms with Gasteiger partial charge in [0.2, 0.25) is 0 Å². The van der Waals surface area contributed by atoms with Crippen LogP contribution in [0.3, 0.4) is 0 Å². The van der Waals surface area contributed by atoms with Crippen LogP contribution in [-0.4, -0.2) is 63.6 Å². The van der Waals surface area contributed by atoms with Crippen LogP contribution in [0, 0.1) is 0 Å². The Balaban J connectivity index is 2.37. The number of ether oxygens (including phenoxy) is 1. The zero-order valence-electron chi connectivity index (χ0n) is 14.6. The van der Waals surface area contributed by atoms with Crippen LogP contribution in [0.15, 0.2) is 23.1 Å². The van der Waals surface area contributed by atoms with Crippen molar-refractivity contribution in [3.05, 3.63) is 18.2 Å². The summed E-state index contributed by atoms with van der Waals surface area (Å²) in [6.07, 6.45) is 1.66. The van der Waals surface area contributed by atoms with E-state index >= 15 is 0 Å². The van der Waals surface area contributed by atoms with Crippen LogP contribution in [0.2, 0.25) is 13.6 Å². The fraction of sp³-hybridized carbons (Fsp3) is 0.571. The number of halogens is 1. The third kappa shape index (κ3) is 4.66. The zero-order chi connectivity index (χ0) is 18.8. The normalized spacial score (nSPS) is 18.7. The van der Waals surface area contributed by atoms with Crippen molar-refractivity contribution in [1.29, 1.82) is 0 Å². The average molecular weight is 372 g/mol. The minimum Gasteiger partial charge on any atom is -0.495 e. The lowest BCUT2D eigenvalue weighted by molar-refractivity contribution is 0.284. The molecule has 1 aromatic rings. The van der Waals surface area contributed by atoms with Gasteiger partial charge in [0.15, 0.2) is 0 Å². The Bertz CT molecular complexity index is 704. The number of rotatable bonds is 6. The molecule has 0 aliphatic carbocycles. The standard InChI is InChI=1S/C14H23B2FN2O5S/c1-15(20)18-8-4-5-12(10-18)19(16(2)21)11-6-7-14(25(17,22)23)13(9-11)24-3/h6-7,9,12,20-21H,4-5,8,10H2,1-3H3/t12-/m1/s1. The van der Waals surface area contributed by atoms with Crippen molar-refractivity contribution in [1.82, 2.24) is 4.81 Å². The predicted molar refractivity (Wildman–Crippen MR) is 96.0 cm³/mol. The third-order valence-electron chi connectivity index (χ3n) is 4.46. The van der Waals surface area contributed by atoms with Gasteiger partial charge in [-0.3, -0.25) is 0 Å². The van der Waals surface area contributed by atoms with E-state index in [1.54, 1.807) is 18.5 Å². The lowest BCUT2D eigenvalue weighted by Crippen LogP contribution is -2.55. The monoisotopic (exact) mass is 372 g/mol. The zero-order valence-corrected chi connectivity index (χ0v) is 15.4. The lowest BCUT2D eigenvalue weighted by Gasteiger charge is -2.42. The van der Waals surface area contributed by atoms with Crippen molar-refractivity contribution in [3.63, 3.8) is 0 Å². The molecule has 1 fully saturated rings. The minimum atomic E-state index is -4.90. The Hall–Kier alpha value is -1.29. The first-order chi connectivity index (χ1) is 11.6. The van der Waals surface area contributed by atoms with E-state index in [1.165, 1.54) is 19.2 Å². The van der Waals surface area contributed by atoms with Gasteiger partial charge in [-0.2, -0.15) is 8.42 Å². The topological polar surface area (TPSA) is 90.3 Å². The summed E-state index contributed by atoms with van der Waals surface area (Å²) in [4.78, 5) is 3.09. The molecule has 11 heteroatoms. The summed E-state index contributed by atoms with van der Waals surface area (Å²) >= 11 is 0. The lowest BCUT2D eigenvalue weighted by atomic mass is 9.77. The quantitative estimate of drug-likeness (QED) is 0.565. The molecule has 0 radical (unpaired) electrons. The molecule has 0 spiro atoms. The molecule has 0 saturated carbocycles. The first-order valence-corrected chi connectivity index (χ1v) is 9.54. The SMILES string of the molecule is COc1cc(N(B(C)O)[C@@H]2CCCN(B(C)O)C2)ccc1S(=O)(=O)F. The van der Waals surface area contributed by atoms with Crippen molar-refractivity contribution in [3.8, 4) is 5.75 Å². The van der Waals surface area contributed by atoms with Crippen LogP contribution in [0.25, 0.3) is 0 Å². The molecule has 1 heterocycles. The van der Waals surface area contributed by atoms with Crippen LogP contribution in [-0.2, 0) is 10.2 Å². The molecule has 7 nitrogen and oxygen atoms in total. The molecule has 1 aromatic carbocycles. The Morgan fingerprint density at radius 3 is 2.56 bits per heavy atom. The van der Waals surface area contributed by atoms with Crippen LogP contribution in [0.1, 0.15) is 12.8 Å². The number of piperidine rings is 1. The smallest absolute Gasteiger partial charge is 0.409 e.